The van der Waals surface area contributed by atoms with Gasteiger partial charge in [-0.2, -0.15) is 0 Å². The molecule has 0 N–H and O–H groups in total. The summed E-state index contributed by atoms with van der Waals surface area (Å²) in [6.45, 7) is 1.29. The molecule has 1 fully saturated rings. The zero-order valence-electron chi connectivity index (χ0n) is 14.9. The fourth-order valence-electron chi connectivity index (χ4n) is 2.90. The van der Waals surface area contributed by atoms with Crippen LogP contribution in [-0.2, 0) is 32.2 Å². The molecule has 1 aliphatic heterocycles. The van der Waals surface area contributed by atoms with Crippen LogP contribution in [0.25, 0.3) is 0 Å². The Balaban J connectivity index is 1.57. The second-order valence-electron chi connectivity index (χ2n) is 6.28. The highest BCUT2D eigenvalue weighted by Gasteiger charge is 2.32. The van der Waals surface area contributed by atoms with Gasteiger partial charge in [0.2, 0.25) is 0 Å². The molecular formula is C21H24O5. The number of carbonyl (C=O) groups is 1. The van der Waals surface area contributed by atoms with Crippen LogP contribution < -0.4 is 4.74 Å². The van der Waals surface area contributed by atoms with Gasteiger partial charge in [-0.05, 0) is 23.3 Å². The van der Waals surface area contributed by atoms with E-state index in [-0.39, 0.29) is 12.2 Å². The number of aldehydes is 1. The Morgan fingerprint density at radius 1 is 0.962 bits per heavy atom. The molecule has 0 radical (unpaired) electrons. The summed E-state index contributed by atoms with van der Waals surface area (Å²) in [6, 6.07) is 17.7. The number of methoxy groups -OCH3 is 1. The molecule has 3 rings (SSSR count). The van der Waals surface area contributed by atoms with E-state index in [4.69, 9.17) is 18.9 Å². The Kier molecular flexibility index (Phi) is 6.77. The molecule has 1 aliphatic rings. The second-order valence-corrected chi connectivity index (χ2v) is 6.28. The van der Waals surface area contributed by atoms with Gasteiger partial charge in [-0.15, -0.1) is 0 Å². The third-order valence-corrected chi connectivity index (χ3v) is 4.44. The van der Waals surface area contributed by atoms with Crippen molar-refractivity contribution < 1.29 is 23.7 Å². The molecule has 1 saturated heterocycles. The van der Waals surface area contributed by atoms with Gasteiger partial charge in [-0.25, -0.2) is 0 Å². The first-order chi connectivity index (χ1) is 12.8. The highest BCUT2D eigenvalue weighted by Crippen LogP contribution is 2.22. The first-order valence-electron chi connectivity index (χ1n) is 8.75. The maximum Gasteiger partial charge on any atom is 0.148 e. The van der Waals surface area contributed by atoms with E-state index in [1.54, 1.807) is 7.11 Å². The molecule has 2 aromatic rings. The first-order valence-corrected chi connectivity index (χ1v) is 8.75. The quantitative estimate of drug-likeness (QED) is 0.680. The van der Waals surface area contributed by atoms with Gasteiger partial charge in [0.05, 0.1) is 33.0 Å². The zero-order chi connectivity index (χ0) is 18.2. The van der Waals surface area contributed by atoms with Crippen molar-refractivity contribution >= 4 is 6.29 Å². The number of rotatable bonds is 8. The Labute approximate surface area is 153 Å². The smallest absolute Gasteiger partial charge is 0.148 e. The van der Waals surface area contributed by atoms with Crippen LogP contribution >= 0.6 is 0 Å². The third-order valence-electron chi connectivity index (χ3n) is 4.44. The lowest BCUT2D eigenvalue weighted by atomic mass is 10.0. The molecule has 1 heterocycles. The number of benzene rings is 2. The van der Waals surface area contributed by atoms with E-state index in [1.807, 2.05) is 54.6 Å². The van der Waals surface area contributed by atoms with Gasteiger partial charge in [-0.3, -0.25) is 0 Å². The summed E-state index contributed by atoms with van der Waals surface area (Å²) in [5, 5.41) is 0. The predicted octanol–water partition coefficient (Wildman–Crippen LogP) is 3.15. The standard InChI is InChI=1S/C21H24O5/c1-23-18-9-7-17(8-10-18)14-26-21-15-24-19(12-22)11-20(21)25-13-16-5-3-2-4-6-16/h2-10,12,19-21H,11,13-15H2,1H3/t19-,20-,21+/m1/s1. The van der Waals surface area contributed by atoms with Gasteiger partial charge in [0, 0.05) is 6.42 Å². The first kappa shape index (κ1) is 18.6. The molecule has 3 atom stereocenters. The summed E-state index contributed by atoms with van der Waals surface area (Å²) in [6.07, 6.45) is 0.508. The molecule has 0 saturated carbocycles. The summed E-state index contributed by atoms with van der Waals surface area (Å²) in [5.74, 6) is 0.813. The van der Waals surface area contributed by atoms with E-state index in [1.165, 1.54) is 0 Å². The highest BCUT2D eigenvalue weighted by molar-refractivity contribution is 5.56. The fraction of sp³-hybridized carbons (Fsp3) is 0.381. The summed E-state index contributed by atoms with van der Waals surface area (Å²) in [5.41, 5.74) is 2.14. The maximum atomic E-state index is 11.1. The summed E-state index contributed by atoms with van der Waals surface area (Å²) in [4.78, 5) is 11.1. The average Bonchev–Trinajstić information content (AvgIpc) is 2.72. The van der Waals surface area contributed by atoms with Gasteiger partial charge in [0.15, 0.2) is 0 Å². The SMILES string of the molecule is COc1ccc(CO[C@H]2CO[C@@H](C=O)C[C@H]2OCc2ccccc2)cc1. The van der Waals surface area contributed by atoms with Crippen molar-refractivity contribution in [2.45, 2.75) is 37.9 Å². The molecule has 0 aromatic heterocycles. The van der Waals surface area contributed by atoms with Crippen molar-refractivity contribution in [3.63, 3.8) is 0 Å². The van der Waals surface area contributed by atoms with Crippen LogP contribution in [0.5, 0.6) is 5.75 Å². The van der Waals surface area contributed by atoms with Crippen molar-refractivity contribution in [2.24, 2.45) is 0 Å². The average molecular weight is 356 g/mol. The Morgan fingerprint density at radius 3 is 2.27 bits per heavy atom. The second kappa shape index (κ2) is 9.48. The molecule has 5 nitrogen and oxygen atoms in total. The summed E-state index contributed by atoms with van der Waals surface area (Å²) in [7, 11) is 1.64. The van der Waals surface area contributed by atoms with Gasteiger partial charge >= 0.3 is 0 Å². The lowest BCUT2D eigenvalue weighted by Crippen LogP contribution is -2.44. The highest BCUT2D eigenvalue weighted by atomic mass is 16.6. The Bertz CT molecular complexity index is 671. The van der Waals surface area contributed by atoms with Gasteiger partial charge in [0.1, 0.15) is 24.2 Å². The fourth-order valence-corrected chi connectivity index (χ4v) is 2.90. The lowest BCUT2D eigenvalue weighted by molar-refractivity contribution is -0.171. The molecule has 0 amide bonds. The number of hydrogen-bond donors (Lipinski definition) is 0. The van der Waals surface area contributed by atoms with Crippen LogP contribution in [0.2, 0.25) is 0 Å². The van der Waals surface area contributed by atoms with Crippen LogP contribution in [0.15, 0.2) is 54.6 Å². The van der Waals surface area contributed by atoms with E-state index in [9.17, 15) is 4.79 Å². The van der Waals surface area contributed by atoms with Crippen molar-refractivity contribution in [1.29, 1.82) is 0 Å². The number of carbonyl (C=O) groups excluding carboxylic acids is 1. The van der Waals surface area contributed by atoms with Crippen LogP contribution in [0.3, 0.4) is 0 Å². The lowest BCUT2D eigenvalue weighted by Gasteiger charge is -2.34. The summed E-state index contributed by atoms with van der Waals surface area (Å²) >= 11 is 0. The Hall–Kier alpha value is -2.21. The molecule has 0 aliphatic carbocycles. The molecule has 0 bridgehead atoms. The minimum Gasteiger partial charge on any atom is -0.497 e. The van der Waals surface area contributed by atoms with Gasteiger partial charge in [0.25, 0.3) is 0 Å². The van der Waals surface area contributed by atoms with E-state index < -0.39 is 6.10 Å². The summed E-state index contributed by atoms with van der Waals surface area (Å²) < 4.78 is 22.8. The van der Waals surface area contributed by atoms with Crippen LogP contribution in [0, 0.1) is 0 Å². The third kappa shape index (κ3) is 5.14. The molecule has 26 heavy (non-hydrogen) atoms. The Morgan fingerprint density at radius 2 is 1.62 bits per heavy atom. The molecule has 138 valence electrons. The van der Waals surface area contributed by atoms with Crippen molar-refractivity contribution in [1.82, 2.24) is 0 Å². The van der Waals surface area contributed by atoms with Crippen molar-refractivity contribution in [3.8, 4) is 5.75 Å². The van der Waals surface area contributed by atoms with Crippen molar-refractivity contribution in [3.05, 3.63) is 65.7 Å². The topological polar surface area (TPSA) is 54.0 Å². The molecule has 0 unspecified atom stereocenters. The van der Waals surface area contributed by atoms with E-state index in [0.29, 0.717) is 26.2 Å². The molecule has 2 aromatic carbocycles. The van der Waals surface area contributed by atoms with Gasteiger partial charge in [-0.1, -0.05) is 42.5 Å². The minimum atomic E-state index is -0.434. The van der Waals surface area contributed by atoms with E-state index in [2.05, 4.69) is 0 Å². The minimum absolute atomic E-state index is 0.183. The number of ether oxygens (including phenoxy) is 4. The van der Waals surface area contributed by atoms with Crippen molar-refractivity contribution in [2.75, 3.05) is 13.7 Å². The largest absolute Gasteiger partial charge is 0.497 e. The number of hydrogen-bond acceptors (Lipinski definition) is 5. The van der Waals surface area contributed by atoms with E-state index in [0.717, 1.165) is 23.2 Å². The van der Waals surface area contributed by atoms with Crippen LogP contribution in [0.4, 0.5) is 0 Å². The van der Waals surface area contributed by atoms with Gasteiger partial charge < -0.3 is 23.7 Å². The van der Waals surface area contributed by atoms with E-state index >= 15 is 0 Å². The zero-order valence-corrected chi connectivity index (χ0v) is 14.9. The van der Waals surface area contributed by atoms with Crippen LogP contribution in [0.1, 0.15) is 17.5 Å². The molecular weight excluding hydrogens is 332 g/mol. The molecule has 5 heteroatoms. The predicted molar refractivity (Wildman–Crippen MR) is 97.0 cm³/mol. The monoisotopic (exact) mass is 356 g/mol. The molecule has 0 spiro atoms. The van der Waals surface area contributed by atoms with Crippen LogP contribution in [-0.4, -0.2) is 38.3 Å². The maximum absolute atomic E-state index is 11.1. The normalized spacial score (nSPS) is 22.7.